The quantitative estimate of drug-likeness (QED) is 0.392. The van der Waals surface area contributed by atoms with Crippen LogP contribution in [0.4, 0.5) is 0 Å². The van der Waals surface area contributed by atoms with E-state index < -0.39 is 8.32 Å². The van der Waals surface area contributed by atoms with Crippen molar-refractivity contribution in [3.05, 3.63) is 12.2 Å². The van der Waals surface area contributed by atoms with E-state index in [0.29, 0.717) is 5.92 Å². The number of nitrogens with zero attached hydrogens (tertiary/aromatic N) is 1. The molecule has 0 aliphatic heterocycles. The highest BCUT2D eigenvalue weighted by atomic mass is 28.4. The maximum Gasteiger partial charge on any atom is 0.251 e. The standard InChI is InChI=1S/C18H35NO3Si/c1-14(17(20)19(5)21-6)16(13-15-11-9-10-12-15)22-23(7,8)18(2,3)4/h9-10,14-16H,11-13H2,1-8H3/t14-,16+/m0/s1. The first kappa shape index (κ1) is 20.4. The fraction of sp³-hybridized carbons (Fsp3) is 0.833. The molecule has 0 aromatic rings. The molecular formula is C18H35NO3Si. The van der Waals surface area contributed by atoms with Crippen LogP contribution in [0.2, 0.25) is 18.1 Å². The second kappa shape index (κ2) is 7.95. The van der Waals surface area contributed by atoms with Gasteiger partial charge in [0.15, 0.2) is 8.32 Å². The van der Waals surface area contributed by atoms with E-state index in [1.54, 1.807) is 7.05 Å². The summed E-state index contributed by atoms with van der Waals surface area (Å²) in [7, 11) is 1.26. The lowest BCUT2D eigenvalue weighted by molar-refractivity contribution is -0.176. The van der Waals surface area contributed by atoms with Crippen molar-refractivity contribution >= 4 is 14.2 Å². The Morgan fingerprint density at radius 1 is 1.30 bits per heavy atom. The van der Waals surface area contributed by atoms with Crippen LogP contribution in [0.1, 0.15) is 47.0 Å². The lowest BCUT2D eigenvalue weighted by Gasteiger charge is -2.41. The van der Waals surface area contributed by atoms with Crippen LogP contribution in [0.3, 0.4) is 0 Å². The minimum atomic E-state index is -1.93. The largest absolute Gasteiger partial charge is 0.413 e. The Morgan fingerprint density at radius 2 is 1.83 bits per heavy atom. The Hall–Kier alpha value is -0.653. The summed E-state index contributed by atoms with van der Waals surface area (Å²) in [5, 5.41) is 1.45. The lowest BCUT2D eigenvalue weighted by atomic mass is 9.92. The summed E-state index contributed by atoms with van der Waals surface area (Å²) in [5.41, 5.74) is 0. The zero-order valence-corrected chi connectivity index (χ0v) is 17.2. The Morgan fingerprint density at radius 3 is 2.26 bits per heavy atom. The number of amides is 1. The zero-order chi connectivity index (χ0) is 17.8. The van der Waals surface area contributed by atoms with Gasteiger partial charge in [0.05, 0.1) is 19.1 Å². The monoisotopic (exact) mass is 341 g/mol. The summed E-state index contributed by atoms with van der Waals surface area (Å²) in [5.74, 6) is 0.379. The third kappa shape index (κ3) is 5.43. The van der Waals surface area contributed by atoms with Crippen molar-refractivity contribution in [2.45, 2.75) is 71.2 Å². The van der Waals surface area contributed by atoms with E-state index >= 15 is 0 Å². The highest BCUT2D eigenvalue weighted by molar-refractivity contribution is 6.74. The summed E-state index contributed by atoms with van der Waals surface area (Å²) in [6, 6.07) is 0. The minimum absolute atomic E-state index is 0.0119. The van der Waals surface area contributed by atoms with Gasteiger partial charge in [-0.05, 0) is 43.3 Å². The number of carbonyl (C=O) groups excluding carboxylic acids is 1. The summed E-state index contributed by atoms with van der Waals surface area (Å²) < 4.78 is 6.65. The highest BCUT2D eigenvalue weighted by Crippen LogP contribution is 2.39. The summed E-state index contributed by atoms with van der Waals surface area (Å²) in [6.07, 6.45) is 7.55. The van der Waals surface area contributed by atoms with Crippen molar-refractivity contribution in [3.63, 3.8) is 0 Å². The fourth-order valence-corrected chi connectivity index (χ4v) is 4.05. The molecule has 1 aliphatic rings. The first-order chi connectivity index (χ1) is 10.5. The molecule has 0 spiro atoms. The van der Waals surface area contributed by atoms with E-state index in [4.69, 9.17) is 9.26 Å². The molecule has 23 heavy (non-hydrogen) atoms. The molecule has 1 amide bonds. The maximum atomic E-state index is 12.5. The van der Waals surface area contributed by atoms with Crippen molar-refractivity contribution in [2.24, 2.45) is 11.8 Å². The van der Waals surface area contributed by atoms with Crippen molar-refractivity contribution in [2.75, 3.05) is 14.2 Å². The SMILES string of the molecule is CON(C)C(=O)[C@@H](C)[C@@H](CC1CC=CC1)O[Si](C)(C)C(C)(C)C. The molecule has 0 saturated heterocycles. The smallest absolute Gasteiger partial charge is 0.251 e. The normalized spacial score (nSPS) is 19.0. The predicted octanol–water partition coefficient (Wildman–Crippen LogP) is 4.39. The Kier molecular flexibility index (Phi) is 7.05. The van der Waals surface area contributed by atoms with Crippen molar-refractivity contribution in [1.82, 2.24) is 5.06 Å². The Balaban J connectivity index is 2.90. The van der Waals surface area contributed by atoms with Gasteiger partial charge in [0.1, 0.15) is 0 Å². The average molecular weight is 342 g/mol. The molecule has 0 bridgehead atoms. The number of rotatable bonds is 7. The van der Waals surface area contributed by atoms with Gasteiger partial charge in [-0.2, -0.15) is 0 Å². The Bertz CT molecular complexity index is 420. The summed E-state index contributed by atoms with van der Waals surface area (Å²) in [4.78, 5) is 17.6. The first-order valence-electron chi connectivity index (χ1n) is 8.64. The third-order valence-electron chi connectivity index (χ3n) is 5.45. The molecule has 0 fully saturated rings. The van der Waals surface area contributed by atoms with E-state index in [-0.39, 0.29) is 23.0 Å². The average Bonchev–Trinajstić information content (AvgIpc) is 2.95. The third-order valence-corrected chi connectivity index (χ3v) is 9.96. The maximum absolute atomic E-state index is 12.5. The van der Waals surface area contributed by atoms with Crippen LogP contribution < -0.4 is 0 Å². The Labute approximate surface area is 143 Å². The van der Waals surface area contributed by atoms with Gasteiger partial charge in [0.25, 0.3) is 5.91 Å². The molecule has 1 aliphatic carbocycles. The van der Waals surface area contributed by atoms with Gasteiger partial charge in [-0.1, -0.05) is 39.8 Å². The topological polar surface area (TPSA) is 38.8 Å². The molecule has 4 nitrogen and oxygen atoms in total. The molecule has 5 heteroatoms. The lowest BCUT2D eigenvalue weighted by Crippen LogP contribution is -2.48. The number of allylic oxidation sites excluding steroid dienone is 2. The highest BCUT2D eigenvalue weighted by Gasteiger charge is 2.42. The molecule has 0 unspecified atom stereocenters. The van der Waals surface area contributed by atoms with Crippen molar-refractivity contribution in [1.29, 1.82) is 0 Å². The first-order valence-corrected chi connectivity index (χ1v) is 11.5. The second-order valence-electron chi connectivity index (χ2n) is 8.27. The van der Waals surface area contributed by atoms with E-state index in [9.17, 15) is 4.79 Å². The van der Waals surface area contributed by atoms with Crippen molar-refractivity contribution < 1.29 is 14.1 Å². The van der Waals surface area contributed by atoms with Gasteiger partial charge in [-0.25, -0.2) is 5.06 Å². The van der Waals surface area contributed by atoms with Gasteiger partial charge in [0.2, 0.25) is 0 Å². The molecule has 2 atom stereocenters. The van der Waals surface area contributed by atoms with Crippen LogP contribution >= 0.6 is 0 Å². The summed E-state index contributed by atoms with van der Waals surface area (Å²) in [6.45, 7) is 13.2. The molecule has 0 saturated carbocycles. The van der Waals surface area contributed by atoms with Crippen LogP contribution in [-0.2, 0) is 14.1 Å². The molecule has 134 valence electrons. The predicted molar refractivity (Wildman–Crippen MR) is 97.5 cm³/mol. The van der Waals surface area contributed by atoms with Crippen LogP contribution in [0.25, 0.3) is 0 Å². The van der Waals surface area contributed by atoms with E-state index in [1.807, 2.05) is 6.92 Å². The van der Waals surface area contributed by atoms with Crippen molar-refractivity contribution in [3.8, 4) is 0 Å². The van der Waals surface area contributed by atoms with Crippen LogP contribution in [-0.4, -0.2) is 39.5 Å². The summed E-state index contributed by atoms with van der Waals surface area (Å²) >= 11 is 0. The van der Waals surface area contributed by atoms with Gasteiger partial charge in [-0.15, -0.1) is 0 Å². The zero-order valence-electron chi connectivity index (χ0n) is 16.2. The van der Waals surface area contributed by atoms with Gasteiger partial charge >= 0.3 is 0 Å². The number of hydrogen-bond donors (Lipinski definition) is 0. The van der Waals surface area contributed by atoms with Crippen LogP contribution in [0, 0.1) is 11.8 Å². The molecule has 0 aromatic heterocycles. The molecule has 0 N–H and O–H groups in total. The fourth-order valence-electron chi connectivity index (χ4n) is 2.64. The van der Waals surface area contributed by atoms with Gasteiger partial charge in [0, 0.05) is 7.05 Å². The molecule has 0 radical (unpaired) electrons. The van der Waals surface area contributed by atoms with E-state index in [1.165, 1.54) is 12.2 Å². The molecule has 0 heterocycles. The van der Waals surface area contributed by atoms with Crippen LogP contribution in [0.5, 0.6) is 0 Å². The van der Waals surface area contributed by atoms with E-state index in [2.05, 4.69) is 46.0 Å². The number of hydroxylamine groups is 2. The molecular weight excluding hydrogens is 306 g/mol. The second-order valence-corrected chi connectivity index (χ2v) is 13.0. The van der Waals surface area contributed by atoms with Gasteiger partial charge in [-0.3, -0.25) is 9.63 Å². The van der Waals surface area contributed by atoms with E-state index in [0.717, 1.165) is 19.3 Å². The van der Waals surface area contributed by atoms with Crippen LogP contribution in [0.15, 0.2) is 12.2 Å². The minimum Gasteiger partial charge on any atom is -0.413 e. The van der Waals surface area contributed by atoms with Gasteiger partial charge < -0.3 is 4.43 Å². The molecule has 1 rings (SSSR count). The molecule has 0 aromatic carbocycles. The number of hydrogen-bond acceptors (Lipinski definition) is 3. The number of carbonyl (C=O) groups is 1.